The summed E-state index contributed by atoms with van der Waals surface area (Å²) in [6, 6.07) is 6.15. The highest BCUT2D eigenvalue weighted by molar-refractivity contribution is 6.31. The van der Waals surface area contributed by atoms with Crippen molar-refractivity contribution in [2.45, 2.75) is 38.0 Å². The first-order valence-electron chi connectivity index (χ1n) is 8.01. The first-order valence-corrected chi connectivity index (χ1v) is 8.39. The number of hydrogen-bond donors (Lipinski definition) is 1. The van der Waals surface area contributed by atoms with E-state index in [0.29, 0.717) is 19.3 Å². The lowest BCUT2D eigenvalue weighted by molar-refractivity contribution is -0.0636. The van der Waals surface area contributed by atoms with Gasteiger partial charge in [-0.3, -0.25) is 4.90 Å². The van der Waals surface area contributed by atoms with Gasteiger partial charge in [-0.05, 0) is 49.6 Å². The fourth-order valence-corrected chi connectivity index (χ4v) is 3.84. The van der Waals surface area contributed by atoms with Gasteiger partial charge in [0.1, 0.15) is 5.75 Å². The van der Waals surface area contributed by atoms with E-state index in [4.69, 9.17) is 21.1 Å². The van der Waals surface area contributed by atoms with Crippen LogP contribution in [0.5, 0.6) is 5.75 Å². The highest BCUT2D eigenvalue weighted by atomic mass is 35.5. The molecule has 4 nitrogen and oxygen atoms in total. The zero-order valence-corrected chi connectivity index (χ0v) is 13.8. The lowest BCUT2D eigenvalue weighted by Crippen LogP contribution is -2.45. The summed E-state index contributed by atoms with van der Waals surface area (Å²) in [5.41, 5.74) is 1.08. The third kappa shape index (κ3) is 3.40. The van der Waals surface area contributed by atoms with E-state index in [1.165, 1.54) is 0 Å². The number of rotatable bonds is 4. The van der Waals surface area contributed by atoms with Crippen LogP contribution in [0.4, 0.5) is 0 Å². The highest BCUT2D eigenvalue weighted by Crippen LogP contribution is 2.32. The van der Waals surface area contributed by atoms with Gasteiger partial charge in [0, 0.05) is 30.1 Å². The van der Waals surface area contributed by atoms with Crippen LogP contribution in [-0.4, -0.2) is 49.0 Å². The zero-order valence-electron chi connectivity index (χ0n) is 13.0. The van der Waals surface area contributed by atoms with Gasteiger partial charge in [0.05, 0.1) is 19.8 Å². The summed E-state index contributed by atoms with van der Waals surface area (Å²) in [5.74, 6) is 1.04. The summed E-state index contributed by atoms with van der Waals surface area (Å²) in [4.78, 5) is 2.43. The molecule has 0 unspecified atom stereocenters. The Morgan fingerprint density at radius 2 is 2.27 bits per heavy atom. The van der Waals surface area contributed by atoms with Gasteiger partial charge < -0.3 is 14.6 Å². The van der Waals surface area contributed by atoms with Crippen molar-refractivity contribution in [3.05, 3.63) is 28.8 Å². The number of nitrogens with zero attached hydrogens (tertiary/aromatic N) is 1. The smallest absolute Gasteiger partial charge is 0.119 e. The molecule has 0 aromatic heterocycles. The molecule has 2 fully saturated rings. The molecule has 0 spiro atoms. The van der Waals surface area contributed by atoms with Crippen LogP contribution in [0.3, 0.4) is 0 Å². The minimum Gasteiger partial charge on any atom is -0.497 e. The van der Waals surface area contributed by atoms with Gasteiger partial charge in [-0.15, -0.1) is 0 Å². The molecule has 2 saturated heterocycles. The Kier molecular flexibility index (Phi) is 5.24. The third-order valence-corrected chi connectivity index (χ3v) is 5.27. The van der Waals surface area contributed by atoms with E-state index < -0.39 is 0 Å². The second-order valence-corrected chi connectivity index (χ2v) is 6.64. The van der Waals surface area contributed by atoms with Crippen LogP contribution in [0.15, 0.2) is 18.2 Å². The minimum atomic E-state index is -0.250. The molecule has 0 aliphatic carbocycles. The van der Waals surface area contributed by atoms with Crippen LogP contribution in [0, 0.1) is 5.92 Å². The van der Waals surface area contributed by atoms with Crippen molar-refractivity contribution in [2.75, 3.05) is 26.9 Å². The number of hydrogen-bond acceptors (Lipinski definition) is 4. The largest absolute Gasteiger partial charge is 0.497 e. The number of halogens is 1. The summed E-state index contributed by atoms with van der Waals surface area (Å²) in [7, 11) is 1.67. The highest BCUT2D eigenvalue weighted by Gasteiger charge is 2.37. The average Bonchev–Trinajstić information content (AvgIpc) is 2.98. The van der Waals surface area contributed by atoms with Crippen LogP contribution in [0.2, 0.25) is 5.02 Å². The summed E-state index contributed by atoms with van der Waals surface area (Å²) in [6.07, 6.45) is 2.77. The summed E-state index contributed by atoms with van der Waals surface area (Å²) in [5, 5.41) is 11.1. The quantitative estimate of drug-likeness (QED) is 0.924. The molecular weight excluding hydrogens is 302 g/mol. The van der Waals surface area contributed by atoms with Crippen molar-refractivity contribution < 1.29 is 14.6 Å². The van der Waals surface area contributed by atoms with Gasteiger partial charge in [0.2, 0.25) is 0 Å². The molecule has 1 N–H and O–H groups in total. The summed E-state index contributed by atoms with van der Waals surface area (Å²) >= 11 is 6.34. The average molecular weight is 326 g/mol. The van der Waals surface area contributed by atoms with E-state index in [1.807, 2.05) is 18.2 Å². The molecule has 122 valence electrons. The molecule has 0 amide bonds. The topological polar surface area (TPSA) is 41.9 Å². The number of ether oxygens (including phenoxy) is 2. The summed E-state index contributed by atoms with van der Waals surface area (Å²) in [6.45, 7) is 3.17. The first-order chi connectivity index (χ1) is 10.7. The lowest BCUT2D eigenvalue weighted by atomic mass is 9.89. The molecule has 2 heterocycles. The van der Waals surface area contributed by atoms with Crippen LogP contribution in [0.25, 0.3) is 0 Å². The van der Waals surface area contributed by atoms with Crippen molar-refractivity contribution in [3.63, 3.8) is 0 Å². The molecular formula is C17H24ClNO3. The first kappa shape index (κ1) is 16.1. The molecule has 1 aromatic rings. The molecule has 0 bridgehead atoms. The van der Waals surface area contributed by atoms with Crippen molar-refractivity contribution >= 4 is 11.6 Å². The van der Waals surface area contributed by atoms with Gasteiger partial charge in [-0.25, -0.2) is 0 Å². The van der Waals surface area contributed by atoms with Crippen molar-refractivity contribution in [1.82, 2.24) is 4.90 Å². The summed E-state index contributed by atoms with van der Waals surface area (Å²) < 4.78 is 10.9. The van der Waals surface area contributed by atoms with E-state index in [9.17, 15) is 5.11 Å². The van der Waals surface area contributed by atoms with Gasteiger partial charge in [-0.2, -0.15) is 0 Å². The predicted octanol–water partition coefficient (Wildman–Crippen LogP) is 2.71. The third-order valence-electron chi connectivity index (χ3n) is 4.90. The van der Waals surface area contributed by atoms with Crippen molar-refractivity contribution in [3.8, 4) is 5.75 Å². The maximum atomic E-state index is 10.3. The maximum Gasteiger partial charge on any atom is 0.119 e. The minimum absolute atomic E-state index is 0.209. The van der Waals surface area contributed by atoms with Crippen LogP contribution >= 0.6 is 11.6 Å². The molecule has 2 aliphatic heterocycles. The Bertz CT molecular complexity index is 511. The number of aliphatic hydroxyl groups excluding tert-OH is 1. The maximum absolute atomic E-state index is 10.3. The zero-order chi connectivity index (χ0) is 15.5. The van der Waals surface area contributed by atoms with E-state index in [0.717, 1.165) is 48.7 Å². The van der Waals surface area contributed by atoms with Gasteiger partial charge in [0.15, 0.2) is 0 Å². The van der Waals surface area contributed by atoms with Crippen molar-refractivity contribution in [2.24, 2.45) is 5.92 Å². The van der Waals surface area contributed by atoms with Gasteiger partial charge >= 0.3 is 0 Å². The normalized spacial score (nSPS) is 29.7. The molecule has 0 radical (unpaired) electrons. The monoisotopic (exact) mass is 325 g/mol. The van der Waals surface area contributed by atoms with E-state index >= 15 is 0 Å². The van der Waals surface area contributed by atoms with Gasteiger partial charge in [0.25, 0.3) is 0 Å². The number of methoxy groups -OCH3 is 1. The second kappa shape index (κ2) is 7.18. The van der Waals surface area contributed by atoms with Gasteiger partial charge in [-0.1, -0.05) is 11.6 Å². The molecule has 2 aliphatic rings. The fourth-order valence-electron chi connectivity index (χ4n) is 3.67. The number of likely N-dealkylation sites (tertiary alicyclic amines) is 1. The standard InChI is InChI=1S/C17H24ClNO3/c1-21-13-4-5-15(18)12(9-13)10-19-7-2-3-16(19)14-11-22-8-6-17(14)20/h4-5,9,14,16-17,20H,2-3,6-8,10-11H2,1H3/t14-,16+,17+/m0/s1. The predicted molar refractivity (Wildman–Crippen MR) is 86.4 cm³/mol. The molecule has 22 heavy (non-hydrogen) atoms. The van der Waals surface area contributed by atoms with Crippen LogP contribution < -0.4 is 4.74 Å². The Morgan fingerprint density at radius 1 is 1.41 bits per heavy atom. The molecule has 0 saturated carbocycles. The fraction of sp³-hybridized carbons (Fsp3) is 0.647. The Hall–Kier alpha value is -0.810. The molecule has 3 rings (SSSR count). The second-order valence-electron chi connectivity index (χ2n) is 6.23. The van der Waals surface area contributed by atoms with E-state index in [1.54, 1.807) is 7.11 Å². The number of benzene rings is 1. The van der Waals surface area contributed by atoms with Crippen molar-refractivity contribution in [1.29, 1.82) is 0 Å². The molecule has 5 heteroatoms. The number of aliphatic hydroxyl groups is 1. The molecule has 1 aromatic carbocycles. The Balaban J connectivity index is 1.73. The Labute approximate surface area is 137 Å². The lowest BCUT2D eigenvalue weighted by Gasteiger charge is -2.37. The molecule has 3 atom stereocenters. The SMILES string of the molecule is COc1ccc(Cl)c(CN2CCC[C@@H]2[C@@H]2COCC[C@H]2O)c1. The van der Waals surface area contributed by atoms with E-state index in [-0.39, 0.29) is 12.0 Å². The Morgan fingerprint density at radius 3 is 3.05 bits per heavy atom. The van der Waals surface area contributed by atoms with E-state index in [2.05, 4.69) is 4.90 Å². The van der Waals surface area contributed by atoms with Crippen LogP contribution in [-0.2, 0) is 11.3 Å². The van der Waals surface area contributed by atoms with Crippen LogP contribution in [0.1, 0.15) is 24.8 Å².